The Labute approximate surface area is 248 Å². The molecule has 2 aromatic carbocycles. The molecule has 0 saturated carbocycles. The lowest BCUT2D eigenvalue weighted by Gasteiger charge is -2.42. The third-order valence-electron chi connectivity index (χ3n) is 7.91. The van der Waals surface area contributed by atoms with Crippen LogP contribution in [-0.4, -0.2) is 72.4 Å². The number of methoxy groups -OCH3 is 1. The molecule has 230 valence electrons. The van der Waals surface area contributed by atoms with E-state index in [1.807, 2.05) is 29.6 Å². The zero-order valence-corrected chi connectivity index (χ0v) is 24.2. The minimum absolute atomic E-state index is 0.00430. The predicted octanol–water partition coefficient (Wildman–Crippen LogP) is 6.11. The third kappa shape index (κ3) is 6.52. The monoisotopic (exact) mass is 625 g/mol. The van der Waals surface area contributed by atoms with Crippen LogP contribution in [0.4, 0.5) is 26.3 Å². The van der Waals surface area contributed by atoms with Crippen molar-refractivity contribution in [2.75, 3.05) is 39.8 Å². The van der Waals surface area contributed by atoms with E-state index in [1.165, 1.54) is 9.78 Å². The fourth-order valence-corrected chi connectivity index (χ4v) is 6.62. The second-order valence-corrected chi connectivity index (χ2v) is 11.7. The first-order valence-corrected chi connectivity index (χ1v) is 14.5. The lowest BCUT2D eigenvalue weighted by atomic mass is 9.93. The van der Waals surface area contributed by atoms with Crippen LogP contribution in [0.15, 0.2) is 53.9 Å². The molecule has 1 fully saturated rings. The number of alkyl halides is 6. The summed E-state index contributed by atoms with van der Waals surface area (Å²) < 4.78 is 85.3. The van der Waals surface area contributed by atoms with Crippen LogP contribution in [-0.2, 0) is 23.6 Å². The van der Waals surface area contributed by atoms with Gasteiger partial charge in [-0.1, -0.05) is 12.1 Å². The van der Waals surface area contributed by atoms with Crippen molar-refractivity contribution in [1.29, 1.82) is 0 Å². The molecule has 5 rings (SSSR count). The highest BCUT2D eigenvalue weighted by molar-refractivity contribution is 7.10. The van der Waals surface area contributed by atoms with Crippen LogP contribution in [0.3, 0.4) is 0 Å². The third-order valence-corrected chi connectivity index (χ3v) is 8.91. The van der Waals surface area contributed by atoms with Crippen LogP contribution in [0.2, 0.25) is 0 Å². The minimum Gasteiger partial charge on any atom is -0.497 e. The fourth-order valence-electron chi connectivity index (χ4n) is 5.72. The summed E-state index contributed by atoms with van der Waals surface area (Å²) in [6, 6.07) is 9.85. The first kappa shape index (κ1) is 30.9. The Bertz CT molecular complexity index is 1460. The molecule has 1 aromatic heterocycles. The van der Waals surface area contributed by atoms with E-state index in [2.05, 4.69) is 11.0 Å². The van der Waals surface area contributed by atoms with Gasteiger partial charge in [0.05, 0.1) is 30.8 Å². The molecule has 3 aromatic rings. The molecule has 3 heterocycles. The number of fused-ring (bicyclic) bond motifs is 1. The Morgan fingerprint density at radius 2 is 1.58 bits per heavy atom. The number of piperazine rings is 1. The number of ether oxygens (including phenoxy) is 1. The van der Waals surface area contributed by atoms with Gasteiger partial charge in [0.2, 0.25) is 5.91 Å². The van der Waals surface area contributed by atoms with E-state index >= 15 is 0 Å². The maximum absolute atomic E-state index is 13.5. The Morgan fingerprint density at radius 1 is 0.930 bits per heavy atom. The molecule has 6 nitrogen and oxygen atoms in total. The minimum atomic E-state index is -5.06. The van der Waals surface area contributed by atoms with E-state index in [1.54, 1.807) is 30.3 Å². The summed E-state index contributed by atoms with van der Waals surface area (Å²) in [5, 5.41) is 2.03. The van der Waals surface area contributed by atoms with Gasteiger partial charge in [0.1, 0.15) is 5.75 Å². The smallest absolute Gasteiger partial charge is 0.416 e. The van der Waals surface area contributed by atoms with Crippen LogP contribution in [0.5, 0.6) is 5.75 Å². The first-order chi connectivity index (χ1) is 20.3. The topological polar surface area (TPSA) is 53.1 Å². The number of nitrogens with zero attached hydrogens (tertiary/aromatic N) is 3. The SMILES string of the molecule is COc1ccc([C@@H]2c3ccsc3CCN2CC(=O)N2CCN(C(=O)c3cc(C(F)(F)F)cc(C(F)(F)F)c3)[C@@H](C)C2)cc1. The van der Waals surface area contributed by atoms with Crippen LogP contribution in [0, 0.1) is 0 Å². The molecule has 0 spiro atoms. The van der Waals surface area contributed by atoms with Gasteiger partial charge in [-0.15, -0.1) is 11.3 Å². The summed E-state index contributed by atoms with van der Waals surface area (Å²) in [5.74, 6) is -0.403. The van der Waals surface area contributed by atoms with E-state index in [0.717, 1.165) is 17.5 Å². The Kier molecular flexibility index (Phi) is 8.50. The van der Waals surface area contributed by atoms with Gasteiger partial charge in [0.25, 0.3) is 5.91 Å². The standard InChI is InChI=1S/C30H29F6N3O3S/c1-18-16-37(10-11-39(18)28(41)20-13-21(29(31,32)33)15-22(14-20)30(34,35)36)26(40)17-38-9-7-25-24(8-12-43-25)27(38)19-3-5-23(42-2)6-4-19/h3-6,8,12-15,18,27H,7,9-11,16-17H2,1-2H3/t18-,27+/m0/s1. The number of carbonyl (C=O) groups excluding carboxylic acids is 2. The van der Waals surface area contributed by atoms with Gasteiger partial charge in [0, 0.05) is 42.7 Å². The van der Waals surface area contributed by atoms with Crippen molar-refractivity contribution in [1.82, 2.24) is 14.7 Å². The van der Waals surface area contributed by atoms with Gasteiger partial charge in [-0.25, -0.2) is 0 Å². The lowest BCUT2D eigenvalue weighted by Crippen LogP contribution is -2.57. The molecule has 0 radical (unpaired) electrons. The summed E-state index contributed by atoms with van der Waals surface area (Å²) in [6.45, 7) is 2.55. The summed E-state index contributed by atoms with van der Waals surface area (Å²) in [5.41, 5.74) is -1.65. The normalized spacial score (nSPS) is 19.7. The summed E-state index contributed by atoms with van der Waals surface area (Å²) in [4.78, 5) is 32.9. The van der Waals surface area contributed by atoms with Crippen molar-refractivity contribution in [3.8, 4) is 5.75 Å². The number of amides is 2. The maximum Gasteiger partial charge on any atom is 0.416 e. The number of halogens is 6. The highest BCUT2D eigenvalue weighted by Crippen LogP contribution is 2.39. The number of carbonyl (C=O) groups is 2. The van der Waals surface area contributed by atoms with Crippen molar-refractivity contribution in [3.63, 3.8) is 0 Å². The molecule has 2 amide bonds. The molecule has 0 unspecified atom stereocenters. The molecular weight excluding hydrogens is 596 g/mol. The molecule has 43 heavy (non-hydrogen) atoms. The Morgan fingerprint density at radius 3 is 2.16 bits per heavy atom. The van der Waals surface area contributed by atoms with Crippen molar-refractivity contribution < 1.29 is 40.7 Å². The molecule has 2 aliphatic heterocycles. The van der Waals surface area contributed by atoms with Gasteiger partial charge in [-0.3, -0.25) is 14.5 Å². The molecule has 0 aliphatic carbocycles. The van der Waals surface area contributed by atoms with Gasteiger partial charge >= 0.3 is 12.4 Å². The number of rotatable bonds is 5. The zero-order chi connectivity index (χ0) is 31.1. The predicted molar refractivity (Wildman–Crippen MR) is 148 cm³/mol. The number of hydrogen-bond acceptors (Lipinski definition) is 5. The van der Waals surface area contributed by atoms with Crippen LogP contribution < -0.4 is 4.74 Å². The average Bonchev–Trinajstić information content (AvgIpc) is 3.44. The molecule has 2 atom stereocenters. The van der Waals surface area contributed by atoms with E-state index in [-0.39, 0.29) is 44.2 Å². The quantitative estimate of drug-likeness (QED) is 0.321. The van der Waals surface area contributed by atoms with Crippen molar-refractivity contribution in [2.45, 2.75) is 37.8 Å². The number of benzene rings is 2. The Hall–Kier alpha value is -3.58. The van der Waals surface area contributed by atoms with Gasteiger partial charge < -0.3 is 14.5 Å². The molecule has 2 aliphatic rings. The first-order valence-electron chi connectivity index (χ1n) is 13.6. The molecule has 13 heteroatoms. The van der Waals surface area contributed by atoms with Gasteiger partial charge in [-0.2, -0.15) is 26.3 Å². The summed E-state index contributed by atoms with van der Waals surface area (Å²) in [7, 11) is 1.59. The highest BCUT2D eigenvalue weighted by Gasteiger charge is 2.39. The lowest BCUT2D eigenvalue weighted by molar-refractivity contribution is -0.143. The number of hydrogen-bond donors (Lipinski definition) is 0. The largest absolute Gasteiger partial charge is 0.497 e. The summed E-state index contributed by atoms with van der Waals surface area (Å²) in [6.07, 6.45) is -9.33. The highest BCUT2D eigenvalue weighted by atomic mass is 32.1. The maximum atomic E-state index is 13.5. The molecule has 0 bridgehead atoms. The van der Waals surface area contributed by atoms with E-state index < -0.39 is 41.0 Å². The van der Waals surface area contributed by atoms with Crippen LogP contribution >= 0.6 is 11.3 Å². The van der Waals surface area contributed by atoms with Crippen LogP contribution in [0.25, 0.3) is 0 Å². The van der Waals surface area contributed by atoms with Crippen molar-refractivity contribution >= 4 is 23.2 Å². The molecule has 1 saturated heterocycles. The fraction of sp³-hybridized carbons (Fsp3) is 0.400. The summed E-state index contributed by atoms with van der Waals surface area (Å²) >= 11 is 1.68. The van der Waals surface area contributed by atoms with Crippen LogP contribution in [0.1, 0.15) is 50.5 Å². The van der Waals surface area contributed by atoms with Gasteiger partial charge in [-0.05, 0) is 66.2 Å². The Balaban J connectivity index is 1.30. The van der Waals surface area contributed by atoms with E-state index in [4.69, 9.17) is 4.74 Å². The molecule has 0 N–H and O–H groups in total. The van der Waals surface area contributed by atoms with E-state index in [9.17, 15) is 35.9 Å². The van der Waals surface area contributed by atoms with Gasteiger partial charge in [0.15, 0.2) is 0 Å². The zero-order valence-electron chi connectivity index (χ0n) is 23.3. The second-order valence-electron chi connectivity index (χ2n) is 10.7. The van der Waals surface area contributed by atoms with Crippen molar-refractivity contribution in [2.24, 2.45) is 0 Å². The van der Waals surface area contributed by atoms with E-state index in [0.29, 0.717) is 24.4 Å². The van der Waals surface area contributed by atoms with Crippen molar-refractivity contribution in [3.05, 3.63) is 86.6 Å². The molecular formula is C30H29F6N3O3S. The average molecular weight is 626 g/mol. The second kappa shape index (κ2) is 11.8. The number of thiophene rings is 1.